The molecule has 172 valence electrons. The molecule has 2 aliphatic rings. The average Bonchev–Trinajstić information content (AvgIpc) is 3.17. The molecule has 0 atom stereocenters. The fourth-order valence-corrected chi connectivity index (χ4v) is 4.66. The molecule has 0 unspecified atom stereocenters. The van der Waals surface area contributed by atoms with Crippen molar-refractivity contribution in [1.82, 2.24) is 14.9 Å². The lowest BCUT2D eigenvalue weighted by molar-refractivity contribution is 0.0507. The lowest BCUT2D eigenvalue weighted by atomic mass is 10.1. The van der Waals surface area contributed by atoms with E-state index in [4.69, 9.17) is 9.47 Å². The second-order valence-electron chi connectivity index (χ2n) is 8.42. The maximum atomic E-state index is 12.0. The van der Waals surface area contributed by atoms with E-state index in [0.29, 0.717) is 49.1 Å². The minimum atomic E-state index is -3.24. The summed E-state index contributed by atoms with van der Waals surface area (Å²) in [5.41, 5.74) is 1.92. The van der Waals surface area contributed by atoms with E-state index in [1.165, 1.54) is 12.6 Å². The molecule has 0 N–H and O–H groups in total. The highest BCUT2D eigenvalue weighted by molar-refractivity contribution is 7.90. The third kappa shape index (κ3) is 4.95. The molecule has 1 fully saturated rings. The maximum absolute atomic E-state index is 12.0. The summed E-state index contributed by atoms with van der Waals surface area (Å²) in [5, 5.41) is 0. The Labute approximate surface area is 188 Å². The van der Waals surface area contributed by atoms with Crippen molar-refractivity contribution in [3.63, 3.8) is 0 Å². The van der Waals surface area contributed by atoms with Crippen LogP contribution in [0.4, 0.5) is 16.3 Å². The zero-order valence-corrected chi connectivity index (χ0v) is 19.3. The Kier molecular flexibility index (Phi) is 6.23. The van der Waals surface area contributed by atoms with Crippen LogP contribution in [0.15, 0.2) is 35.5 Å². The number of rotatable bonds is 5. The van der Waals surface area contributed by atoms with Gasteiger partial charge in [0.15, 0.2) is 9.84 Å². The number of piperidine rings is 1. The van der Waals surface area contributed by atoms with Crippen LogP contribution < -0.4 is 9.64 Å². The smallest absolute Gasteiger partial charge is 0.410 e. The molecule has 3 heterocycles. The third-order valence-electron chi connectivity index (χ3n) is 5.60. The molecular weight excluding hydrogens is 432 g/mol. The highest BCUT2D eigenvalue weighted by Gasteiger charge is 2.27. The van der Waals surface area contributed by atoms with E-state index in [1.807, 2.05) is 24.8 Å². The van der Waals surface area contributed by atoms with Gasteiger partial charge in [0, 0.05) is 50.5 Å². The first-order valence-electron chi connectivity index (χ1n) is 10.8. The molecule has 1 saturated heterocycles. The van der Waals surface area contributed by atoms with Crippen molar-refractivity contribution in [2.75, 3.05) is 30.8 Å². The minimum Gasteiger partial charge on any atom is -0.474 e. The Hall–Kier alpha value is -2.88. The lowest BCUT2D eigenvalue weighted by Gasteiger charge is -2.31. The number of likely N-dealkylation sites (tertiary alicyclic amines) is 1. The first-order chi connectivity index (χ1) is 15.2. The summed E-state index contributed by atoms with van der Waals surface area (Å²) in [6, 6.07) is 7.00. The van der Waals surface area contributed by atoms with Gasteiger partial charge in [0.05, 0.1) is 11.0 Å². The Morgan fingerprint density at radius 3 is 2.56 bits per heavy atom. The summed E-state index contributed by atoms with van der Waals surface area (Å²) >= 11 is 0. The highest BCUT2D eigenvalue weighted by atomic mass is 32.2. The number of benzene rings is 1. The van der Waals surface area contributed by atoms with E-state index in [9.17, 15) is 13.2 Å². The lowest BCUT2D eigenvalue weighted by Crippen LogP contribution is -2.42. The topological polar surface area (TPSA) is 102 Å². The number of carbonyl (C=O) groups is 1. The maximum Gasteiger partial charge on any atom is 0.410 e. The quantitative estimate of drug-likeness (QED) is 0.671. The van der Waals surface area contributed by atoms with E-state index in [-0.39, 0.29) is 18.3 Å². The van der Waals surface area contributed by atoms with Gasteiger partial charge in [-0.3, -0.25) is 0 Å². The van der Waals surface area contributed by atoms with Crippen molar-refractivity contribution in [2.24, 2.45) is 0 Å². The molecule has 4 rings (SSSR count). The van der Waals surface area contributed by atoms with E-state index in [1.54, 1.807) is 23.1 Å². The zero-order valence-electron chi connectivity index (χ0n) is 18.5. The summed E-state index contributed by atoms with van der Waals surface area (Å²) in [5.74, 6) is 1.19. The second-order valence-corrected chi connectivity index (χ2v) is 10.4. The van der Waals surface area contributed by atoms with E-state index < -0.39 is 9.84 Å². The molecular formula is C22H28N4O5S. The molecule has 0 spiro atoms. The van der Waals surface area contributed by atoms with Crippen molar-refractivity contribution in [3.8, 4) is 5.88 Å². The molecule has 0 saturated carbocycles. The molecule has 32 heavy (non-hydrogen) atoms. The molecule has 10 heteroatoms. The molecule has 1 aromatic heterocycles. The van der Waals surface area contributed by atoms with E-state index in [0.717, 1.165) is 17.7 Å². The fourth-order valence-electron chi connectivity index (χ4n) is 3.99. The minimum absolute atomic E-state index is 0.0379. The number of sulfone groups is 1. The largest absolute Gasteiger partial charge is 0.474 e. The van der Waals surface area contributed by atoms with Crippen LogP contribution in [0.25, 0.3) is 0 Å². The molecule has 9 nitrogen and oxygen atoms in total. The number of hydrogen-bond donors (Lipinski definition) is 0. The summed E-state index contributed by atoms with van der Waals surface area (Å²) < 4.78 is 35.0. The van der Waals surface area contributed by atoms with Gasteiger partial charge < -0.3 is 19.3 Å². The first-order valence-corrected chi connectivity index (χ1v) is 12.6. The Morgan fingerprint density at radius 2 is 1.88 bits per heavy atom. The molecule has 0 aliphatic carbocycles. The second kappa shape index (κ2) is 8.93. The fraction of sp³-hybridized carbons (Fsp3) is 0.500. The average molecular weight is 461 g/mol. The predicted molar refractivity (Wildman–Crippen MR) is 119 cm³/mol. The zero-order chi connectivity index (χ0) is 22.9. The van der Waals surface area contributed by atoms with Crippen LogP contribution in [-0.2, 0) is 21.0 Å². The van der Waals surface area contributed by atoms with Crippen LogP contribution in [0.5, 0.6) is 5.88 Å². The van der Waals surface area contributed by atoms with Crippen LogP contribution in [0.1, 0.15) is 32.3 Å². The van der Waals surface area contributed by atoms with Gasteiger partial charge in [-0.15, -0.1) is 0 Å². The highest BCUT2D eigenvalue weighted by Crippen LogP contribution is 2.35. The summed E-state index contributed by atoms with van der Waals surface area (Å²) in [6.07, 6.45) is 4.38. The molecule has 0 radical (unpaired) electrons. The Balaban J connectivity index is 1.41. The van der Waals surface area contributed by atoms with Crippen LogP contribution in [-0.4, -0.2) is 67.5 Å². The van der Waals surface area contributed by atoms with Gasteiger partial charge in [-0.25, -0.2) is 23.2 Å². The monoisotopic (exact) mass is 460 g/mol. The molecule has 0 bridgehead atoms. The standard InChI is InChI=1S/C22H28N4O5S/c1-15(2)30-22(27)25-9-7-17(8-10-25)31-21-13-20(23-14-24-21)26-11-6-16-12-18(32(3,28)29)4-5-19(16)26/h4-5,12-15,17H,6-11H2,1-3H3. The van der Waals surface area contributed by atoms with Gasteiger partial charge in [0.2, 0.25) is 5.88 Å². The first kappa shape index (κ1) is 22.3. The van der Waals surface area contributed by atoms with E-state index in [2.05, 4.69) is 9.97 Å². The Bertz CT molecular complexity index is 1100. The number of hydrogen-bond acceptors (Lipinski definition) is 8. The number of amides is 1. The number of ether oxygens (including phenoxy) is 2. The van der Waals surface area contributed by atoms with Crippen molar-refractivity contribution >= 4 is 27.4 Å². The number of carbonyl (C=O) groups excluding carboxylic acids is 1. The van der Waals surface area contributed by atoms with Crippen LogP contribution in [0, 0.1) is 0 Å². The van der Waals surface area contributed by atoms with Gasteiger partial charge in [0.1, 0.15) is 18.2 Å². The third-order valence-corrected chi connectivity index (χ3v) is 6.71. The number of anilines is 2. The van der Waals surface area contributed by atoms with Crippen LogP contribution >= 0.6 is 0 Å². The molecule has 2 aromatic rings. The van der Waals surface area contributed by atoms with Gasteiger partial charge >= 0.3 is 6.09 Å². The van der Waals surface area contributed by atoms with Crippen molar-refractivity contribution < 1.29 is 22.7 Å². The number of fused-ring (bicyclic) bond motifs is 1. The predicted octanol–water partition coefficient (Wildman–Crippen LogP) is 2.96. The number of aromatic nitrogens is 2. The SMILES string of the molecule is CC(C)OC(=O)N1CCC(Oc2cc(N3CCc4cc(S(C)(=O)=O)ccc43)ncn2)CC1. The summed E-state index contributed by atoms with van der Waals surface area (Å²) in [4.78, 5) is 24.8. The normalized spacial score (nSPS) is 16.9. The Morgan fingerprint density at radius 1 is 1.12 bits per heavy atom. The van der Waals surface area contributed by atoms with Gasteiger partial charge in [0.25, 0.3) is 0 Å². The van der Waals surface area contributed by atoms with Crippen molar-refractivity contribution in [1.29, 1.82) is 0 Å². The van der Waals surface area contributed by atoms with Gasteiger partial charge in [-0.2, -0.15) is 0 Å². The molecule has 2 aliphatic heterocycles. The summed E-state index contributed by atoms with van der Waals surface area (Å²) in [6.45, 7) is 5.54. The summed E-state index contributed by atoms with van der Waals surface area (Å²) in [7, 11) is -3.24. The van der Waals surface area contributed by atoms with E-state index >= 15 is 0 Å². The molecule has 1 amide bonds. The number of nitrogens with zero attached hydrogens (tertiary/aromatic N) is 4. The van der Waals surface area contributed by atoms with Gasteiger partial charge in [-0.1, -0.05) is 0 Å². The van der Waals surface area contributed by atoms with Crippen molar-refractivity contribution in [3.05, 3.63) is 36.2 Å². The van der Waals surface area contributed by atoms with Crippen molar-refractivity contribution in [2.45, 2.75) is 50.2 Å². The van der Waals surface area contributed by atoms with Crippen LogP contribution in [0.2, 0.25) is 0 Å². The van der Waals surface area contributed by atoms with Crippen LogP contribution in [0.3, 0.4) is 0 Å². The molecule has 1 aromatic carbocycles. The van der Waals surface area contributed by atoms with Gasteiger partial charge in [-0.05, 0) is 44.0 Å².